The molecule has 0 radical (unpaired) electrons. The van der Waals surface area contributed by atoms with Gasteiger partial charge in [-0.1, -0.05) is 26.0 Å². The van der Waals surface area contributed by atoms with Crippen LogP contribution in [0.2, 0.25) is 0 Å². The highest BCUT2D eigenvalue weighted by atomic mass is 16.3. The van der Waals surface area contributed by atoms with Crippen molar-refractivity contribution in [2.75, 3.05) is 19.6 Å². The third kappa shape index (κ3) is 2.27. The highest BCUT2D eigenvalue weighted by molar-refractivity contribution is 5.72. The number of fused-ring (bicyclic) bond motifs is 1. The van der Waals surface area contributed by atoms with Crippen LogP contribution in [0.5, 0.6) is 0 Å². The topological polar surface area (TPSA) is 29.3 Å². The molecule has 1 fully saturated rings. The number of benzene rings is 1. The van der Waals surface area contributed by atoms with Gasteiger partial charge < -0.3 is 9.32 Å². The Hall–Kier alpha value is -1.35. The van der Waals surface area contributed by atoms with Crippen LogP contribution in [-0.4, -0.2) is 29.5 Å². The first-order valence-electron chi connectivity index (χ1n) is 6.80. The van der Waals surface area contributed by atoms with Crippen molar-refractivity contribution in [3.63, 3.8) is 0 Å². The van der Waals surface area contributed by atoms with Gasteiger partial charge in [0.05, 0.1) is 0 Å². The molecule has 0 bridgehead atoms. The minimum atomic E-state index is 0.469. The Kier molecular flexibility index (Phi) is 3.08. The van der Waals surface area contributed by atoms with E-state index in [9.17, 15) is 0 Å². The third-order valence-electron chi connectivity index (χ3n) is 3.56. The maximum absolute atomic E-state index is 5.87. The van der Waals surface area contributed by atoms with Gasteiger partial charge >= 0.3 is 0 Å². The largest absolute Gasteiger partial charge is 0.440 e. The van der Waals surface area contributed by atoms with Crippen LogP contribution in [0.1, 0.15) is 32.1 Å². The molecule has 96 valence electrons. The molecule has 0 spiro atoms. The molecule has 3 rings (SSSR count). The van der Waals surface area contributed by atoms with E-state index in [1.54, 1.807) is 0 Å². The number of nitrogens with zero attached hydrogens (tertiary/aromatic N) is 2. The Morgan fingerprint density at radius 1 is 1.39 bits per heavy atom. The number of likely N-dealkylation sites (tertiary alicyclic amines) is 1. The molecular formula is C15H20N2O. The van der Waals surface area contributed by atoms with Crippen molar-refractivity contribution in [2.24, 2.45) is 5.92 Å². The van der Waals surface area contributed by atoms with E-state index in [-0.39, 0.29) is 0 Å². The van der Waals surface area contributed by atoms with E-state index in [0.717, 1.165) is 29.5 Å². The summed E-state index contributed by atoms with van der Waals surface area (Å²) in [5, 5.41) is 0. The third-order valence-corrected chi connectivity index (χ3v) is 3.56. The molecular weight excluding hydrogens is 224 g/mol. The zero-order chi connectivity index (χ0) is 12.5. The van der Waals surface area contributed by atoms with Gasteiger partial charge in [0, 0.05) is 19.0 Å². The van der Waals surface area contributed by atoms with Gasteiger partial charge in [0.15, 0.2) is 11.5 Å². The average molecular weight is 244 g/mol. The quantitative estimate of drug-likeness (QED) is 0.829. The highest BCUT2D eigenvalue weighted by Gasteiger charge is 2.27. The second-order valence-corrected chi connectivity index (χ2v) is 5.66. The van der Waals surface area contributed by atoms with E-state index in [1.165, 1.54) is 19.5 Å². The summed E-state index contributed by atoms with van der Waals surface area (Å²) in [6, 6.07) is 8.02. The average Bonchev–Trinajstić information content (AvgIpc) is 2.93. The van der Waals surface area contributed by atoms with Crippen molar-refractivity contribution >= 4 is 11.1 Å². The summed E-state index contributed by atoms with van der Waals surface area (Å²) in [5.74, 6) is 2.12. The molecule has 0 amide bonds. The summed E-state index contributed by atoms with van der Waals surface area (Å²) in [7, 11) is 0. The van der Waals surface area contributed by atoms with Gasteiger partial charge in [0.2, 0.25) is 0 Å². The lowest BCUT2D eigenvalue weighted by Gasteiger charge is -2.17. The minimum absolute atomic E-state index is 0.469. The fourth-order valence-electron chi connectivity index (χ4n) is 2.78. The van der Waals surface area contributed by atoms with Gasteiger partial charge in [-0.2, -0.15) is 0 Å². The smallest absolute Gasteiger partial charge is 0.199 e. The molecule has 1 saturated heterocycles. The zero-order valence-electron chi connectivity index (χ0n) is 11.1. The van der Waals surface area contributed by atoms with Crippen LogP contribution in [0.25, 0.3) is 11.1 Å². The normalized spacial score (nSPS) is 21.2. The van der Waals surface area contributed by atoms with E-state index < -0.39 is 0 Å². The Balaban J connectivity index is 1.75. The number of para-hydroxylation sites is 2. The molecule has 2 aromatic rings. The van der Waals surface area contributed by atoms with E-state index in [2.05, 4.69) is 23.7 Å². The molecule has 0 aliphatic carbocycles. The lowest BCUT2D eigenvalue weighted by atomic mass is 10.1. The van der Waals surface area contributed by atoms with Crippen molar-refractivity contribution in [3.8, 4) is 0 Å². The van der Waals surface area contributed by atoms with Gasteiger partial charge in [-0.15, -0.1) is 0 Å². The van der Waals surface area contributed by atoms with Gasteiger partial charge in [-0.3, -0.25) is 0 Å². The summed E-state index contributed by atoms with van der Waals surface area (Å²) < 4.78 is 5.87. The van der Waals surface area contributed by atoms with E-state index in [4.69, 9.17) is 4.42 Å². The van der Waals surface area contributed by atoms with Crippen LogP contribution in [0.15, 0.2) is 28.7 Å². The molecule has 3 nitrogen and oxygen atoms in total. The summed E-state index contributed by atoms with van der Waals surface area (Å²) in [6.45, 7) is 7.98. The first-order valence-corrected chi connectivity index (χ1v) is 6.80. The van der Waals surface area contributed by atoms with Crippen molar-refractivity contribution in [2.45, 2.75) is 26.2 Å². The maximum Gasteiger partial charge on any atom is 0.199 e. The summed E-state index contributed by atoms with van der Waals surface area (Å²) in [5.41, 5.74) is 1.89. The predicted octanol–water partition coefficient (Wildman–Crippen LogP) is 3.27. The predicted molar refractivity (Wildman–Crippen MR) is 72.6 cm³/mol. The Morgan fingerprint density at radius 2 is 2.22 bits per heavy atom. The van der Waals surface area contributed by atoms with Crippen molar-refractivity contribution in [1.29, 1.82) is 0 Å². The number of aromatic nitrogens is 1. The van der Waals surface area contributed by atoms with Crippen LogP contribution in [0.3, 0.4) is 0 Å². The number of oxazole rings is 1. The number of hydrogen-bond acceptors (Lipinski definition) is 3. The number of rotatable bonds is 3. The first-order chi connectivity index (χ1) is 8.72. The molecule has 18 heavy (non-hydrogen) atoms. The fraction of sp³-hybridized carbons (Fsp3) is 0.533. The monoisotopic (exact) mass is 244 g/mol. The van der Waals surface area contributed by atoms with E-state index >= 15 is 0 Å². The molecule has 1 aliphatic rings. The highest BCUT2D eigenvalue weighted by Crippen LogP contribution is 2.29. The van der Waals surface area contributed by atoms with Crippen LogP contribution in [-0.2, 0) is 0 Å². The van der Waals surface area contributed by atoms with Gasteiger partial charge in [0.1, 0.15) is 5.52 Å². The second-order valence-electron chi connectivity index (χ2n) is 5.66. The number of hydrogen-bond donors (Lipinski definition) is 0. The molecule has 1 aromatic carbocycles. The second kappa shape index (κ2) is 4.73. The van der Waals surface area contributed by atoms with Crippen LogP contribution in [0, 0.1) is 5.92 Å². The molecule has 0 N–H and O–H groups in total. The Labute approximate surface area is 108 Å². The summed E-state index contributed by atoms with van der Waals surface area (Å²) >= 11 is 0. The molecule has 1 aliphatic heterocycles. The molecule has 0 saturated carbocycles. The molecule has 1 unspecified atom stereocenters. The van der Waals surface area contributed by atoms with Gasteiger partial charge in [-0.25, -0.2) is 4.98 Å². The molecule has 1 atom stereocenters. The minimum Gasteiger partial charge on any atom is -0.440 e. The molecule has 2 heterocycles. The first kappa shape index (κ1) is 11.7. The van der Waals surface area contributed by atoms with E-state index in [0.29, 0.717) is 5.92 Å². The van der Waals surface area contributed by atoms with Crippen molar-refractivity contribution in [3.05, 3.63) is 30.2 Å². The van der Waals surface area contributed by atoms with Crippen molar-refractivity contribution in [1.82, 2.24) is 9.88 Å². The standard InChI is InChI=1S/C15H20N2O/c1-11(2)9-17-8-7-12(10-17)15-16-13-5-3-4-6-14(13)18-15/h3-6,11-12H,7-10H2,1-2H3. The van der Waals surface area contributed by atoms with E-state index in [1.807, 2.05) is 24.3 Å². The lowest BCUT2D eigenvalue weighted by Crippen LogP contribution is -2.24. The Bertz CT molecular complexity index is 499. The summed E-state index contributed by atoms with van der Waals surface area (Å²) in [6.07, 6.45) is 1.17. The molecule has 3 heteroatoms. The maximum atomic E-state index is 5.87. The zero-order valence-corrected chi connectivity index (χ0v) is 11.1. The SMILES string of the molecule is CC(C)CN1CCC(c2nc3ccccc3o2)C1. The van der Waals surface area contributed by atoms with Gasteiger partial charge in [0.25, 0.3) is 0 Å². The molecule has 1 aromatic heterocycles. The summed E-state index contributed by atoms with van der Waals surface area (Å²) in [4.78, 5) is 7.13. The van der Waals surface area contributed by atoms with Gasteiger partial charge in [-0.05, 0) is 31.0 Å². The fourth-order valence-corrected chi connectivity index (χ4v) is 2.78. The van der Waals surface area contributed by atoms with Crippen LogP contribution in [0.4, 0.5) is 0 Å². The Morgan fingerprint density at radius 3 is 3.00 bits per heavy atom. The van der Waals surface area contributed by atoms with Crippen LogP contribution < -0.4 is 0 Å². The van der Waals surface area contributed by atoms with Crippen molar-refractivity contribution < 1.29 is 4.42 Å². The van der Waals surface area contributed by atoms with Crippen LogP contribution >= 0.6 is 0 Å². The lowest BCUT2D eigenvalue weighted by molar-refractivity contribution is 0.291.